The van der Waals surface area contributed by atoms with Crippen LogP contribution in [-0.4, -0.2) is 59.8 Å². The van der Waals surface area contributed by atoms with Crippen molar-refractivity contribution in [2.75, 3.05) is 19.6 Å². The minimum atomic E-state index is 0.390. The fraction of sp³-hybridized carbons (Fsp3) is 1.00. The lowest BCUT2D eigenvalue weighted by Gasteiger charge is -2.46. The van der Waals surface area contributed by atoms with E-state index >= 15 is 0 Å². The van der Waals surface area contributed by atoms with Gasteiger partial charge in [-0.3, -0.25) is 9.80 Å². The van der Waals surface area contributed by atoms with Crippen molar-refractivity contribution in [2.24, 2.45) is 5.92 Å². The van der Waals surface area contributed by atoms with Crippen LogP contribution >= 0.6 is 0 Å². The van der Waals surface area contributed by atoms with Crippen molar-refractivity contribution < 1.29 is 4.74 Å². The second-order valence-electron chi connectivity index (χ2n) is 9.31. The molecule has 1 aliphatic carbocycles. The summed E-state index contributed by atoms with van der Waals surface area (Å²) in [6.07, 6.45) is 10.5. The molecular weight excluding hydrogens is 308 g/mol. The summed E-state index contributed by atoms with van der Waals surface area (Å²) in [5, 5.41) is 0. The van der Waals surface area contributed by atoms with Crippen molar-refractivity contribution in [1.29, 1.82) is 0 Å². The zero-order valence-corrected chi connectivity index (χ0v) is 17.8. The molecule has 1 heterocycles. The molecule has 2 aliphatic rings. The summed E-state index contributed by atoms with van der Waals surface area (Å²) < 4.78 is 5.98. The van der Waals surface area contributed by atoms with E-state index < -0.39 is 0 Å². The third-order valence-corrected chi connectivity index (χ3v) is 6.40. The van der Waals surface area contributed by atoms with E-state index in [2.05, 4.69) is 51.3 Å². The fourth-order valence-electron chi connectivity index (χ4n) is 4.93. The van der Waals surface area contributed by atoms with Gasteiger partial charge in [-0.15, -0.1) is 0 Å². The molecule has 3 nitrogen and oxygen atoms in total. The third kappa shape index (κ3) is 6.84. The van der Waals surface area contributed by atoms with Gasteiger partial charge in [-0.1, -0.05) is 12.8 Å². The molecular formula is C22H44N2O. The highest BCUT2D eigenvalue weighted by atomic mass is 16.5. The molecule has 0 N–H and O–H groups in total. The first-order valence-corrected chi connectivity index (χ1v) is 11.0. The maximum atomic E-state index is 5.98. The summed E-state index contributed by atoms with van der Waals surface area (Å²) in [6, 6.07) is 2.09. The largest absolute Gasteiger partial charge is 0.376 e. The molecule has 2 fully saturated rings. The van der Waals surface area contributed by atoms with Crippen LogP contribution in [0.3, 0.4) is 0 Å². The third-order valence-electron chi connectivity index (χ3n) is 6.40. The van der Waals surface area contributed by atoms with Crippen LogP contribution in [0.2, 0.25) is 0 Å². The topological polar surface area (TPSA) is 15.7 Å². The summed E-state index contributed by atoms with van der Waals surface area (Å²) in [5.74, 6) is 0.958. The summed E-state index contributed by atoms with van der Waals surface area (Å²) in [5.41, 5.74) is 0. The number of unbranched alkanes of at least 4 members (excludes halogenated alkanes) is 1. The van der Waals surface area contributed by atoms with Gasteiger partial charge in [-0.25, -0.2) is 0 Å². The molecule has 0 amide bonds. The van der Waals surface area contributed by atoms with Crippen LogP contribution < -0.4 is 0 Å². The Balaban J connectivity index is 1.60. The Bertz CT molecular complexity index is 351. The van der Waals surface area contributed by atoms with Gasteiger partial charge in [0.15, 0.2) is 0 Å². The number of hydrogen-bond donors (Lipinski definition) is 0. The smallest absolute Gasteiger partial charge is 0.0578 e. The molecule has 0 aromatic rings. The van der Waals surface area contributed by atoms with Gasteiger partial charge in [0.25, 0.3) is 0 Å². The second kappa shape index (κ2) is 10.3. The average molecular weight is 353 g/mol. The van der Waals surface area contributed by atoms with Crippen LogP contribution in [0, 0.1) is 5.92 Å². The predicted molar refractivity (Wildman–Crippen MR) is 108 cm³/mol. The summed E-state index contributed by atoms with van der Waals surface area (Å²) in [7, 11) is 0. The van der Waals surface area contributed by atoms with E-state index in [1.165, 1.54) is 64.6 Å². The summed E-state index contributed by atoms with van der Waals surface area (Å²) in [6.45, 7) is 17.6. The average Bonchev–Trinajstić information content (AvgIpc) is 2.54. The molecule has 0 aromatic carbocycles. The van der Waals surface area contributed by atoms with Gasteiger partial charge in [0.2, 0.25) is 0 Å². The molecule has 0 bridgehead atoms. The number of piperazine rings is 1. The lowest BCUT2D eigenvalue weighted by atomic mass is 9.84. The van der Waals surface area contributed by atoms with Gasteiger partial charge in [0.1, 0.15) is 0 Å². The Hall–Kier alpha value is -0.120. The van der Waals surface area contributed by atoms with Gasteiger partial charge in [0, 0.05) is 31.2 Å². The Morgan fingerprint density at radius 3 is 2.00 bits per heavy atom. The first-order valence-electron chi connectivity index (χ1n) is 11.0. The van der Waals surface area contributed by atoms with E-state index in [9.17, 15) is 0 Å². The maximum absolute atomic E-state index is 5.98. The Labute approximate surface area is 157 Å². The molecule has 0 spiro atoms. The van der Waals surface area contributed by atoms with Crippen LogP contribution in [0.1, 0.15) is 86.5 Å². The van der Waals surface area contributed by atoms with Crippen molar-refractivity contribution in [3.05, 3.63) is 0 Å². The number of ether oxygens (including phenoxy) is 1. The van der Waals surface area contributed by atoms with Gasteiger partial charge in [0.05, 0.1) is 12.2 Å². The van der Waals surface area contributed by atoms with Crippen molar-refractivity contribution >= 4 is 0 Å². The molecule has 2 atom stereocenters. The van der Waals surface area contributed by atoms with E-state index in [-0.39, 0.29) is 0 Å². The van der Waals surface area contributed by atoms with Gasteiger partial charge >= 0.3 is 0 Å². The highest BCUT2D eigenvalue weighted by Crippen LogP contribution is 2.30. The lowest BCUT2D eigenvalue weighted by molar-refractivity contribution is -0.0205. The monoisotopic (exact) mass is 352 g/mol. The van der Waals surface area contributed by atoms with Crippen molar-refractivity contribution in [2.45, 2.75) is 117 Å². The molecule has 1 saturated heterocycles. The Morgan fingerprint density at radius 2 is 1.48 bits per heavy atom. The SMILES string of the molecule is CC(C)OC1CCC(CCCCN2[C@@H](C)CN(C(C)C)C[C@@H]2C)CC1. The molecule has 1 saturated carbocycles. The Kier molecular flexibility index (Phi) is 8.71. The van der Waals surface area contributed by atoms with Crippen LogP contribution in [0.25, 0.3) is 0 Å². The summed E-state index contributed by atoms with van der Waals surface area (Å²) in [4.78, 5) is 5.40. The van der Waals surface area contributed by atoms with E-state index in [4.69, 9.17) is 4.74 Å². The number of rotatable bonds is 8. The lowest BCUT2D eigenvalue weighted by Crippen LogP contribution is -2.58. The first-order chi connectivity index (χ1) is 11.9. The van der Waals surface area contributed by atoms with Crippen molar-refractivity contribution in [3.63, 3.8) is 0 Å². The second-order valence-corrected chi connectivity index (χ2v) is 9.31. The van der Waals surface area contributed by atoms with E-state index in [0.717, 1.165) is 5.92 Å². The zero-order chi connectivity index (χ0) is 18.4. The van der Waals surface area contributed by atoms with E-state index in [0.29, 0.717) is 30.3 Å². The van der Waals surface area contributed by atoms with E-state index in [1.807, 2.05) is 0 Å². The minimum Gasteiger partial charge on any atom is -0.376 e. The number of hydrogen-bond acceptors (Lipinski definition) is 3. The predicted octanol–water partition coefficient (Wildman–Crippen LogP) is 4.94. The van der Waals surface area contributed by atoms with Crippen LogP contribution in [0.15, 0.2) is 0 Å². The normalized spacial score (nSPS) is 32.6. The summed E-state index contributed by atoms with van der Waals surface area (Å²) >= 11 is 0. The molecule has 0 radical (unpaired) electrons. The zero-order valence-electron chi connectivity index (χ0n) is 17.8. The van der Waals surface area contributed by atoms with Crippen LogP contribution in [0.5, 0.6) is 0 Å². The molecule has 1 aliphatic heterocycles. The molecule has 3 heteroatoms. The van der Waals surface area contributed by atoms with Crippen LogP contribution in [0.4, 0.5) is 0 Å². The first kappa shape index (κ1) is 21.2. The molecule has 2 rings (SSSR count). The standard InChI is InChI=1S/C22H44N2O/c1-17(2)23-15-19(5)24(20(6)16-23)14-8-7-9-21-10-12-22(13-11-21)25-18(3)4/h17-22H,7-16H2,1-6H3/t19-,20-,21?,22?/m0/s1. The quantitative estimate of drug-likeness (QED) is 0.575. The molecule has 25 heavy (non-hydrogen) atoms. The number of nitrogens with zero attached hydrogens (tertiary/aromatic N) is 2. The fourth-order valence-corrected chi connectivity index (χ4v) is 4.93. The molecule has 0 unspecified atom stereocenters. The van der Waals surface area contributed by atoms with Crippen molar-refractivity contribution in [3.8, 4) is 0 Å². The van der Waals surface area contributed by atoms with Crippen molar-refractivity contribution in [1.82, 2.24) is 9.80 Å². The van der Waals surface area contributed by atoms with Gasteiger partial charge in [-0.05, 0) is 86.1 Å². The highest BCUT2D eigenvalue weighted by molar-refractivity contribution is 4.86. The van der Waals surface area contributed by atoms with Crippen LogP contribution in [-0.2, 0) is 4.74 Å². The Morgan fingerprint density at radius 1 is 0.880 bits per heavy atom. The highest BCUT2D eigenvalue weighted by Gasteiger charge is 2.30. The minimum absolute atomic E-state index is 0.390. The molecule has 148 valence electrons. The van der Waals surface area contributed by atoms with Gasteiger partial charge < -0.3 is 4.74 Å². The maximum Gasteiger partial charge on any atom is 0.0578 e. The molecule has 0 aromatic heterocycles. The van der Waals surface area contributed by atoms with Gasteiger partial charge in [-0.2, -0.15) is 0 Å². The van der Waals surface area contributed by atoms with E-state index in [1.54, 1.807) is 0 Å².